The molecular formula is C19H17FN2O. The third-order valence-electron chi connectivity index (χ3n) is 3.57. The van der Waals surface area contributed by atoms with Gasteiger partial charge in [0.25, 0.3) is 5.89 Å². The Morgan fingerprint density at radius 3 is 2.30 bits per heavy atom. The van der Waals surface area contributed by atoms with E-state index in [4.69, 9.17) is 4.52 Å². The molecule has 0 unspecified atom stereocenters. The first kappa shape index (κ1) is 15.2. The van der Waals surface area contributed by atoms with Gasteiger partial charge in [0, 0.05) is 11.6 Å². The number of halogens is 1. The molecule has 0 aliphatic rings. The van der Waals surface area contributed by atoms with Crippen LogP contribution in [0.4, 0.5) is 4.39 Å². The predicted octanol–water partition coefficient (Wildman–Crippen LogP) is 5.17. The van der Waals surface area contributed by atoms with E-state index in [0.717, 1.165) is 11.1 Å². The van der Waals surface area contributed by atoms with E-state index in [9.17, 15) is 4.39 Å². The highest BCUT2D eigenvalue weighted by Gasteiger charge is 2.06. The van der Waals surface area contributed by atoms with Gasteiger partial charge in [-0.2, -0.15) is 4.98 Å². The Labute approximate surface area is 134 Å². The molecule has 0 aliphatic heterocycles. The van der Waals surface area contributed by atoms with Crippen LogP contribution in [0.15, 0.2) is 53.1 Å². The second kappa shape index (κ2) is 6.57. The molecule has 4 heteroatoms. The van der Waals surface area contributed by atoms with Crippen molar-refractivity contribution in [3.63, 3.8) is 0 Å². The molecule has 0 atom stereocenters. The van der Waals surface area contributed by atoms with Crippen LogP contribution in [0.2, 0.25) is 0 Å². The molecule has 0 spiro atoms. The third-order valence-corrected chi connectivity index (χ3v) is 3.57. The molecule has 2 aromatic carbocycles. The number of benzene rings is 2. The van der Waals surface area contributed by atoms with Crippen molar-refractivity contribution < 1.29 is 8.91 Å². The molecule has 3 nitrogen and oxygen atoms in total. The van der Waals surface area contributed by atoms with Gasteiger partial charge in [-0.15, -0.1) is 0 Å². The van der Waals surface area contributed by atoms with Gasteiger partial charge < -0.3 is 4.52 Å². The monoisotopic (exact) mass is 308 g/mol. The Bertz CT molecular complexity index is 802. The topological polar surface area (TPSA) is 38.9 Å². The van der Waals surface area contributed by atoms with Crippen LogP contribution in [0.5, 0.6) is 0 Å². The molecule has 0 saturated heterocycles. The van der Waals surface area contributed by atoms with Gasteiger partial charge in [0.05, 0.1) is 0 Å². The van der Waals surface area contributed by atoms with E-state index in [2.05, 4.69) is 48.3 Å². The van der Waals surface area contributed by atoms with E-state index < -0.39 is 0 Å². The predicted molar refractivity (Wildman–Crippen MR) is 89.2 cm³/mol. The van der Waals surface area contributed by atoms with Crippen molar-refractivity contribution in [1.29, 1.82) is 0 Å². The van der Waals surface area contributed by atoms with Crippen LogP contribution in [0.3, 0.4) is 0 Å². The van der Waals surface area contributed by atoms with Gasteiger partial charge in [0.2, 0.25) is 5.82 Å². The minimum Gasteiger partial charge on any atom is -0.334 e. The SMILES string of the molecule is CC(C)c1ccc(/C=C\c2nc(-c3ccc(F)cc3)no2)cc1. The standard InChI is InChI=1S/C19H17FN2O/c1-13(2)15-6-3-14(4-7-15)5-12-18-21-19(22-23-18)16-8-10-17(20)11-9-16/h3-13H,1-2H3/b12-5-. The number of hydrogen-bond donors (Lipinski definition) is 0. The fraction of sp³-hybridized carbons (Fsp3) is 0.158. The number of hydrogen-bond acceptors (Lipinski definition) is 3. The van der Waals surface area contributed by atoms with Gasteiger partial charge in [-0.3, -0.25) is 0 Å². The summed E-state index contributed by atoms with van der Waals surface area (Å²) in [5, 5.41) is 3.91. The lowest BCUT2D eigenvalue weighted by Gasteiger charge is -2.04. The molecule has 3 aromatic rings. The smallest absolute Gasteiger partial charge is 0.250 e. The maximum absolute atomic E-state index is 12.9. The molecule has 0 N–H and O–H groups in total. The van der Waals surface area contributed by atoms with Crippen LogP contribution >= 0.6 is 0 Å². The van der Waals surface area contributed by atoms with Crippen molar-refractivity contribution >= 4 is 12.2 Å². The van der Waals surface area contributed by atoms with E-state index in [1.165, 1.54) is 17.7 Å². The third kappa shape index (κ3) is 3.72. The van der Waals surface area contributed by atoms with Gasteiger partial charge >= 0.3 is 0 Å². The first-order valence-corrected chi connectivity index (χ1v) is 7.49. The molecule has 3 rings (SSSR count). The van der Waals surface area contributed by atoms with Gasteiger partial charge in [-0.05, 0) is 47.4 Å². The van der Waals surface area contributed by atoms with Gasteiger partial charge in [0.1, 0.15) is 5.82 Å². The van der Waals surface area contributed by atoms with E-state index in [1.54, 1.807) is 18.2 Å². The Balaban J connectivity index is 1.74. The highest BCUT2D eigenvalue weighted by atomic mass is 19.1. The lowest BCUT2D eigenvalue weighted by molar-refractivity contribution is 0.411. The first-order chi connectivity index (χ1) is 11.1. The molecule has 23 heavy (non-hydrogen) atoms. The van der Waals surface area contributed by atoms with E-state index in [-0.39, 0.29) is 5.82 Å². The second-order valence-electron chi connectivity index (χ2n) is 5.62. The molecule has 0 bridgehead atoms. The minimum atomic E-state index is -0.290. The van der Waals surface area contributed by atoms with Crippen molar-refractivity contribution in [3.8, 4) is 11.4 Å². The van der Waals surface area contributed by atoms with Crippen molar-refractivity contribution in [3.05, 3.63) is 71.4 Å². The molecular weight excluding hydrogens is 291 g/mol. The average molecular weight is 308 g/mol. The maximum atomic E-state index is 12.9. The summed E-state index contributed by atoms with van der Waals surface area (Å²) in [6.07, 6.45) is 3.69. The molecule has 0 radical (unpaired) electrons. The largest absolute Gasteiger partial charge is 0.334 e. The zero-order valence-corrected chi connectivity index (χ0v) is 13.0. The van der Waals surface area contributed by atoms with Crippen LogP contribution in [0, 0.1) is 5.82 Å². The van der Waals surface area contributed by atoms with Crippen molar-refractivity contribution in [2.24, 2.45) is 0 Å². The maximum Gasteiger partial charge on any atom is 0.250 e. The minimum absolute atomic E-state index is 0.290. The molecule has 0 amide bonds. The lowest BCUT2D eigenvalue weighted by Crippen LogP contribution is -1.85. The summed E-state index contributed by atoms with van der Waals surface area (Å²) in [6, 6.07) is 14.3. The van der Waals surface area contributed by atoms with Gasteiger partial charge in [-0.1, -0.05) is 43.3 Å². The van der Waals surface area contributed by atoms with Crippen molar-refractivity contribution in [2.45, 2.75) is 19.8 Å². The van der Waals surface area contributed by atoms with E-state index in [0.29, 0.717) is 17.6 Å². The Kier molecular flexibility index (Phi) is 4.33. The second-order valence-corrected chi connectivity index (χ2v) is 5.62. The van der Waals surface area contributed by atoms with Crippen LogP contribution in [0.1, 0.15) is 36.8 Å². The normalized spacial score (nSPS) is 11.5. The summed E-state index contributed by atoms with van der Waals surface area (Å²) in [6.45, 7) is 4.33. The summed E-state index contributed by atoms with van der Waals surface area (Å²) in [5.41, 5.74) is 3.09. The summed E-state index contributed by atoms with van der Waals surface area (Å²) in [7, 11) is 0. The Morgan fingerprint density at radius 1 is 0.957 bits per heavy atom. The van der Waals surface area contributed by atoms with E-state index >= 15 is 0 Å². The molecule has 116 valence electrons. The molecule has 1 heterocycles. The summed E-state index contributed by atoms with van der Waals surface area (Å²) < 4.78 is 18.1. The number of aromatic nitrogens is 2. The number of nitrogens with zero attached hydrogens (tertiary/aromatic N) is 2. The van der Waals surface area contributed by atoms with Crippen molar-refractivity contribution in [1.82, 2.24) is 10.1 Å². The van der Waals surface area contributed by atoms with Crippen LogP contribution in [-0.2, 0) is 0 Å². The first-order valence-electron chi connectivity index (χ1n) is 7.49. The number of rotatable bonds is 4. The molecule has 0 aliphatic carbocycles. The summed E-state index contributed by atoms with van der Waals surface area (Å²) >= 11 is 0. The summed E-state index contributed by atoms with van der Waals surface area (Å²) in [5.74, 6) is 1.08. The Morgan fingerprint density at radius 2 is 1.65 bits per heavy atom. The van der Waals surface area contributed by atoms with Crippen molar-refractivity contribution in [2.75, 3.05) is 0 Å². The lowest BCUT2D eigenvalue weighted by atomic mass is 10.0. The molecule has 0 fully saturated rings. The average Bonchev–Trinajstić information content (AvgIpc) is 3.03. The fourth-order valence-electron chi connectivity index (χ4n) is 2.18. The zero-order chi connectivity index (χ0) is 16.2. The highest BCUT2D eigenvalue weighted by Crippen LogP contribution is 2.18. The van der Waals surface area contributed by atoms with Crippen LogP contribution in [0.25, 0.3) is 23.5 Å². The highest BCUT2D eigenvalue weighted by molar-refractivity contribution is 5.67. The summed E-state index contributed by atoms with van der Waals surface area (Å²) in [4.78, 5) is 4.28. The van der Waals surface area contributed by atoms with Gasteiger partial charge in [-0.25, -0.2) is 4.39 Å². The molecule has 1 aromatic heterocycles. The van der Waals surface area contributed by atoms with Crippen LogP contribution < -0.4 is 0 Å². The quantitative estimate of drug-likeness (QED) is 0.667. The van der Waals surface area contributed by atoms with Crippen LogP contribution in [-0.4, -0.2) is 10.1 Å². The Hall–Kier alpha value is -2.75. The van der Waals surface area contributed by atoms with Gasteiger partial charge in [0.15, 0.2) is 0 Å². The zero-order valence-electron chi connectivity index (χ0n) is 13.0. The molecule has 0 saturated carbocycles. The fourth-order valence-corrected chi connectivity index (χ4v) is 2.18. The van der Waals surface area contributed by atoms with E-state index in [1.807, 2.05) is 6.08 Å².